The highest BCUT2D eigenvalue weighted by Crippen LogP contribution is 2.39. The first kappa shape index (κ1) is 27.9. The SMILES string of the molecule is CN(C)CCC(=O)N(C)c1ccc(NC(=C2C(=O)Nc3cc(Cl)ccc32)c2ccc(CCC(=O)O)cc2)cc1. The van der Waals surface area contributed by atoms with Crippen LogP contribution in [0, 0.1) is 0 Å². The molecule has 8 nitrogen and oxygen atoms in total. The smallest absolute Gasteiger partial charge is 0.303 e. The van der Waals surface area contributed by atoms with Crippen LogP contribution in [0.15, 0.2) is 66.7 Å². The molecule has 0 spiro atoms. The number of nitrogens with zero attached hydrogens (tertiary/aromatic N) is 2. The molecule has 0 saturated heterocycles. The molecule has 39 heavy (non-hydrogen) atoms. The number of fused-ring (bicyclic) bond motifs is 1. The number of benzene rings is 3. The van der Waals surface area contributed by atoms with Gasteiger partial charge in [0.15, 0.2) is 0 Å². The van der Waals surface area contributed by atoms with Gasteiger partial charge in [-0.05, 0) is 68.0 Å². The van der Waals surface area contributed by atoms with Crippen LogP contribution in [0.4, 0.5) is 17.1 Å². The average molecular weight is 547 g/mol. The Labute approximate surface area is 232 Å². The van der Waals surface area contributed by atoms with Crippen molar-refractivity contribution in [2.75, 3.05) is 43.2 Å². The summed E-state index contributed by atoms with van der Waals surface area (Å²) in [5.41, 5.74) is 5.58. The van der Waals surface area contributed by atoms with Crippen molar-refractivity contribution in [1.29, 1.82) is 0 Å². The molecule has 0 fully saturated rings. The summed E-state index contributed by atoms with van der Waals surface area (Å²) in [7, 11) is 5.62. The predicted molar refractivity (Wildman–Crippen MR) is 156 cm³/mol. The van der Waals surface area contributed by atoms with Gasteiger partial charge in [-0.25, -0.2) is 0 Å². The second kappa shape index (κ2) is 12.1. The number of carbonyl (C=O) groups excluding carboxylic acids is 2. The van der Waals surface area contributed by atoms with Gasteiger partial charge in [0.2, 0.25) is 5.91 Å². The van der Waals surface area contributed by atoms with Crippen LogP contribution in [0.25, 0.3) is 11.3 Å². The Morgan fingerprint density at radius 1 is 0.949 bits per heavy atom. The van der Waals surface area contributed by atoms with E-state index in [0.717, 1.165) is 28.1 Å². The Morgan fingerprint density at radius 2 is 1.64 bits per heavy atom. The molecule has 3 aromatic carbocycles. The van der Waals surface area contributed by atoms with Gasteiger partial charge in [-0.2, -0.15) is 0 Å². The lowest BCUT2D eigenvalue weighted by Crippen LogP contribution is -2.29. The van der Waals surface area contributed by atoms with E-state index in [1.165, 1.54) is 0 Å². The molecule has 2 amide bonds. The maximum absolute atomic E-state index is 13.2. The fourth-order valence-electron chi connectivity index (χ4n) is 4.31. The van der Waals surface area contributed by atoms with E-state index in [1.54, 1.807) is 24.1 Å². The summed E-state index contributed by atoms with van der Waals surface area (Å²) in [5, 5.41) is 15.8. The highest BCUT2D eigenvalue weighted by molar-refractivity contribution is 6.38. The second-order valence-electron chi connectivity index (χ2n) is 9.66. The lowest BCUT2D eigenvalue weighted by Gasteiger charge is -2.20. The largest absolute Gasteiger partial charge is 0.481 e. The molecule has 4 rings (SSSR count). The molecule has 9 heteroatoms. The van der Waals surface area contributed by atoms with Crippen LogP contribution < -0.4 is 15.5 Å². The van der Waals surface area contributed by atoms with Gasteiger partial charge >= 0.3 is 5.97 Å². The summed E-state index contributed by atoms with van der Waals surface area (Å²) in [6, 6.07) is 20.2. The van der Waals surface area contributed by atoms with Crippen LogP contribution in [0.2, 0.25) is 5.02 Å². The van der Waals surface area contributed by atoms with Crippen LogP contribution in [-0.4, -0.2) is 55.5 Å². The lowest BCUT2D eigenvalue weighted by molar-refractivity contribution is -0.137. The first-order valence-corrected chi connectivity index (χ1v) is 12.9. The van der Waals surface area contributed by atoms with Crippen molar-refractivity contribution in [2.45, 2.75) is 19.3 Å². The van der Waals surface area contributed by atoms with Crippen molar-refractivity contribution < 1.29 is 19.5 Å². The van der Waals surface area contributed by atoms with Gasteiger partial charge in [0.1, 0.15) is 0 Å². The predicted octanol–water partition coefficient (Wildman–Crippen LogP) is 5.20. The number of carboxylic acids is 1. The van der Waals surface area contributed by atoms with Crippen molar-refractivity contribution in [2.24, 2.45) is 0 Å². The molecule has 0 unspecified atom stereocenters. The second-order valence-corrected chi connectivity index (χ2v) is 10.1. The molecule has 0 saturated carbocycles. The van der Waals surface area contributed by atoms with Crippen molar-refractivity contribution in [3.05, 3.63) is 88.4 Å². The summed E-state index contributed by atoms with van der Waals surface area (Å²) in [4.78, 5) is 40.3. The Morgan fingerprint density at radius 3 is 2.28 bits per heavy atom. The summed E-state index contributed by atoms with van der Waals surface area (Å²) in [6.07, 6.45) is 0.875. The zero-order valence-electron chi connectivity index (χ0n) is 22.1. The Balaban J connectivity index is 1.66. The zero-order chi connectivity index (χ0) is 28.1. The van der Waals surface area contributed by atoms with Gasteiger partial charge < -0.3 is 25.5 Å². The molecule has 0 radical (unpaired) electrons. The quantitative estimate of drug-likeness (QED) is 0.302. The maximum atomic E-state index is 13.2. The number of anilines is 3. The fraction of sp³-hybridized carbons (Fsp3) is 0.233. The molecule has 0 bridgehead atoms. The molecular weight excluding hydrogens is 516 g/mol. The van der Waals surface area contributed by atoms with Crippen LogP contribution in [0.3, 0.4) is 0 Å². The van der Waals surface area contributed by atoms with Crippen LogP contribution in [0.1, 0.15) is 29.5 Å². The van der Waals surface area contributed by atoms with E-state index in [2.05, 4.69) is 10.6 Å². The zero-order valence-corrected chi connectivity index (χ0v) is 22.9. The maximum Gasteiger partial charge on any atom is 0.303 e. The lowest BCUT2D eigenvalue weighted by atomic mass is 9.98. The van der Waals surface area contributed by atoms with E-state index in [-0.39, 0.29) is 18.2 Å². The third-order valence-electron chi connectivity index (χ3n) is 6.52. The normalized spacial score (nSPS) is 13.6. The van der Waals surface area contributed by atoms with Gasteiger partial charge in [-0.15, -0.1) is 0 Å². The molecule has 3 aromatic rings. The first-order valence-electron chi connectivity index (χ1n) is 12.6. The number of halogens is 1. The van der Waals surface area contributed by atoms with Crippen molar-refractivity contribution >= 4 is 57.7 Å². The molecule has 0 aromatic heterocycles. The topological polar surface area (TPSA) is 102 Å². The summed E-state index contributed by atoms with van der Waals surface area (Å²) in [6.45, 7) is 0.670. The number of rotatable bonds is 10. The molecule has 3 N–H and O–H groups in total. The van der Waals surface area contributed by atoms with Gasteiger partial charge in [0.25, 0.3) is 5.91 Å². The minimum atomic E-state index is -0.852. The van der Waals surface area contributed by atoms with Gasteiger partial charge in [0.05, 0.1) is 17.0 Å². The average Bonchev–Trinajstić information content (AvgIpc) is 3.23. The first-order chi connectivity index (χ1) is 18.6. The monoisotopic (exact) mass is 546 g/mol. The van der Waals surface area contributed by atoms with Gasteiger partial charge in [-0.3, -0.25) is 14.4 Å². The Hall–Kier alpha value is -4.14. The highest BCUT2D eigenvalue weighted by Gasteiger charge is 2.28. The number of aliphatic carboxylic acids is 1. The van der Waals surface area contributed by atoms with Gasteiger partial charge in [-0.1, -0.05) is 41.9 Å². The Kier molecular flexibility index (Phi) is 8.69. The van der Waals surface area contributed by atoms with Crippen LogP contribution >= 0.6 is 11.6 Å². The third-order valence-corrected chi connectivity index (χ3v) is 6.75. The number of amides is 2. The van der Waals surface area contributed by atoms with E-state index < -0.39 is 5.97 Å². The standard InChI is InChI=1S/C30H31ClN4O4/c1-34(2)17-16-26(36)35(3)23-12-10-22(11-13-23)32-29(20-7-4-19(5-8-20)6-15-27(37)38)28-24-14-9-21(31)18-25(24)33-30(28)39/h4-5,7-14,18,32H,6,15-17H2,1-3H3,(H,33,39)(H,37,38). The molecule has 202 valence electrons. The van der Waals surface area contributed by atoms with Crippen LogP contribution in [-0.2, 0) is 20.8 Å². The molecular formula is C30H31ClN4O4. The fourth-order valence-corrected chi connectivity index (χ4v) is 4.48. The molecule has 1 heterocycles. The van der Waals surface area contributed by atoms with E-state index in [9.17, 15) is 14.4 Å². The van der Waals surface area contributed by atoms with Crippen molar-refractivity contribution in [1.82, 2.24) is 4.90 Å². The molecule has 1 aliphatic heterocycles. The number of aryl methyl sites for hydroxylation is 1. The highest BCUT2D eigenvalue weighted by atomic mass is 35.5. The van der Waals surface area contributed by atoms with Crippen molar-refractivity contribution in [3.8, 4) is 0 Å². The number of hydrogen-bond acceptors (Lipinski definition) is 5. The van der Waals surface area contributed by atoms with E-state index in [0.29, 0.717) is 41.4 Å². The third kappa shape index (κ3) is 6.85. The summed E-state index contributed by atoms with van der Waals surface area (Å²) in [5.74, 6) is -1.09. The number of nitrogens with one attached hydrogen (secondary N) is 2. The molecule has 0 atom stereocenters. The number of carboxylic acid groups (broad SMARTS) is 1. The van der Waals surface area contributed by atoms with E-state index in [1.807, 2.05) is 73.6 Å². The van der Waals surface area contributed by atoms with Gasteiger partial charge in [0, 0.05) is 48.4 Å². The Bertz CT molecular complexity index is 1420. The van der Waals surface area contributed by atoms with E-state index in [4.69, 9.17) is 16.7 Å². The van der Waals surface area contributed by atoms with Crippen LogP contribution in [0.5, 0.6) is 0 Å². The number of hydrogen-bond donors (Lipinski definition) is 3. The summed E-state index contributed by atoms with van der Waals surface area (Å²) >= 11 is 6.16. The number of carbonyl (C=O) groups is 3. The minimum absolute atomic E-state index is 0.0214. The minimum Gasteiger partial charge on any atom is -0.481 e. The van der Waals surface area contributed by atoms with Crippen molar-refractivity contribution in [3.63, 3.8) is 0 Å². The molecule has 1 aliphatic rings. The summed E-state index contributed by atoms with van der Waals surface area (Å²) < 4.78 is 0. The van der Waals surface area contributed by atoms with E-state index >= 15 is 0 Å². The molecule has 0 aliphatic carbocycles.